The van der Waals surface area contributed by atoms with E-state index in [-0.39, 0.29) is 22.9 Å². The largest absolute Gasteiger partial charge is 0.489 e. The first-order valence-electron chi connectivity index (χ1n) is 12.4. The monoisotopic (exact) mass is 513 g/mol. The van der Waals surface area contributed by atoms with E-state index in [2.05, 4.69) is 24.4 Å². The second-order valence-electron chi connectivity index (χ2n) is 10.4. The predicted octanol–water partition coefficient (Wildman–Crippen LogP) is 4.27. The predicted molar refractivity (Wildman–Crippen MR) is 139 cm³/mol. The maximum Gasteiger partial charge on any atom is 0.255 e. The number of ether oxygens (including phenoxy) is 2. The molecule has 8 nitrogen and oxygen atoms in total. The van der Waals surface area contributed by atoms with E-state index < -0.39 is 15.9 Å². The highest BCUT2D eigenvalue weighted by molar-refractivity contribution is 7.89. The van der Waals surface area contributed by atoms with Crippen LogP contribution in [-0.2, 0) is 14.8 Å². The number of sulfonamides is 1. The Hall–Kier alpha value is -2.91. The summed E-state index contributed by atoms with van der Waals surface area (Å²) in [4.78, 5) is 13.0. The third kappa shape index (κ3) is 6.44. The zero-order chi connectivity index (χ0) is 25.8. The molecule has 2 aromatic carbocycles. The van der Waals surface area contributed by atoms with Gasteiger partial charge in [-0.2, -0.15) is 9.41 Å². The highest BCUT2D eigenvalue weighted by Crippen LogP contribution is 2.34. The number of carbonyl (C=O) groups is 1. The van der Waals surface area contributed by atoms with Gasteiger partial charge in [-0.05, 0) is 55.7 Å². The lowest BCUT2D eigenvalue weighted by Crippen LogP contribution is -2.46. The molecular weight excluding hydrogens is 478 g/mol. The van der Waals surface area contributed by atoms with E-state index in [0.29, 0.717) is 24.7 Å². The second-order valence-corrected chi connectivity index (χ2v) is 12.3. The molecule has 1 aliphatic heterocycles. The van der Waals surface area contributed by atoms with Crippen LogP contribution in [0.3, 0.4) is 0 Å². The maximum absolute atomic E-state index is 13.5. The van der Waals surface area contributed by atoms with E-state index in [9.17, 15) is 13.2 Å². The van der Waals surface area contributed by atoms with Gasteiger partial charge in [0.05, 0.1) is 30.9 Å². The number of carbonyl (C=O) groups excluding carboxylic acids is 1. The fourth-order valence-electron chi connectivity index (χ4n) is 4.41. The lowest BCUT2D eigenvalue weighted by atomic mass is 9.95. The Bertz CT molecular complexity index is 1200. The molecule has 0 saturated heterocycles. The summed E-state index contributed by atoms with van der Waals surface area (Å²) in [5, 5.41) is 4.06. The Kier molecular flexibility index (Phi) is 8.00. The van der Waals surface area contributed by atoms with Gasteiger partial charge in [-0.3, -0.25) is 4.79 Å². The van der Waals surface area contributed by atoms with Crippen LogP contribution in [0.2, 0.25) is 0 Å². The number of rotatable bonds is 7. The van der Waals surface area contributed by atoms with Crippen molar-refractivity contribution in [3.63, 3.8) is 0 Å². The van der Waals surface area contributed by atoms with Gasteiger partial charge in [0.25, 0.3) is 5.91 Å². The molecule has 1 aliphatic carbocycles. The number of nitrogens with zero attached hydrogens (tertiary/aromatic N) is 2. The van der Waals surface area contributed by atoms with Crippen LogP contribution in [0.25, 0.3) is 0 Å². The number of hydrazone groups is 1. The standard InChI is InChI=1S/C27H35N3O5S/c1-20-9-12-23(13-10-20)36(32,33)30(22-7-5-4-6-8-22)17-26(31)29-28-16-21-11-14-24-25(15-21)35-19-27(2,3)18-34-24/h9-16,22H,4-8,17-19H2,1-3H3,(H,29,31)/b28-16-. The maximum atomic E-state index is 13.5. The van der Waals surface area contributed by atoms with E-state index in [1.54, 1.807) is 24.3 Å². The summed E-state index contributed by atoms with van der Waals surface area (Å²) in [6, 6.07) is 12.0. The number of hydrogen-bond acceptors (Lipinski definition) is 6. The average molecular weight is 514 g/mol. The molecule has 1 N–H and O–H groups in total. The molecule has 1 saturated carbocycles. The molecular formula is C27H35N3O5S. The van der Waals surface area contributed by atoms with Gasteiger partial charge in [-0.1, -0.05) is 50.8 Å². The van der Waals surface area contributed by atoms with Gasteiger partial charge in [-0.25, -0.2) is 13.8 Å². The Morgan fingerprint density at radius 1 is 1.06 bits per heavy atom. The summed E-state index contributed by atoms with van der Waals surface area (Å²) in [7, 11) is -3.82. The van der Waals surface area contributed by atoms with Gasteiger partial charge in [0.2, 0.25) is 10.0 Å². The van der Waals surface area contributed by atoms with Crippen LogP contribution in [0.15, 0.2) is 52.5 Å². The fourth-order valence-corrected chi connectivity index (χ4v) is 6.05. The topological polar surface area (TPSA) is 97.3 Å². The number of nitrogens with one attached hydrogen (secondary N) is 1. The van der Waals surface area contributed by atoms with Gasteiger partial charge < -0.3 is 9.47 Å². The quantitative estimate of drug-likeness (QED) is 0.441. The lowest BCUT2D eigenvalue weighted by molar-refractivity contribution is -0.121. The molecule has 0 unspecified atom stereocenters. The van der Waals surface area contributed by atoms with Crippen LogP contribution in [0.5, 0.6) is 11.5 Å². The number of hydrogen-bond donors (Lipinski definition) is 1. The van der Waals surface area contributed by atoms with Gasteiger partial charge in [0, 0.05) is 11.5 Å². The van der Waals surface area contributed by atoms with Crippen molar-refractivity contribution in [3.8, 4) is 11.5 Å². The third-order valence-electron chi connectivity index (χ3n) is 6.52. The Morgan fingerprint density at radius 3 is 2.42 bits per heavy atom. The summed E-state index contributed by atoms with van der Waals surface area (Å²) in [6.07, 6.45) is 5.98. The van der Waals surface area contributed by atoms with Gasteiger partial charge in [0.1, 0.15) is 0 Å². The van der Waals surface area contributed by atoms with Crippen LogP contribution < -0.4 is 14.9 Å². The molecule has 0 radical (unpaired) electrons. The van der Waals surface area contributed by atoms with Crippen molar-refractivity contribution in [3.05, 3.63) is 53.6 Å². The van der Waals surface area contributed by atoms with Crippen LogP contribution in [0, 0.1) is 12.3 Å². The molecule has 0 aromatic heterocycles. The summed E-state index contributed by atoms with van der Waals surface area (Å²) < 4.78 is 40.0. The molecule has 0 atom stereocenters. The van der Waals surface area contributed by atoms with Crippen LogP contribution in [0.1, 0.15) is 57.1 Å². The molecule has 1 amide bonds. The molecule has 0 bridgehead atoms. The van der Waals surface area contributed by atoms with Crippen molar-refractivity contribution in [1.82, 2.24) is 9.73 Å². The lowest BCUT2D eigenvalue weighted by Gasteiger charge is -2.32. The van der Waals surface area contributed by atoms with Crippen molar-refractivity contribution < 1.29 is 22.7 Å². The van der Waals surface area contributed by atoms with Crippen LogP contribution in [0.4, 0.5) is 0 Å². The minimum absolute atomic E-state index is 0.0929. The van der Waals surface area contributed by atoms with Crippen molar-refractivity contribution >= 4 is 22.1 Å². The number of aryl methyl sites for hydroxylation is 1. The first kappa shape index (κ1) is 26.2. The Morgan fingerprint density at radius 2 is 1.72 bits per heavy atom. The van der Waals surface area contributed by atoms with Gasteiger partial charge in [0.15, 0.2) is 11.5 Å². The Labute approximate surface area is 213 Å². The average Bonchev–Trinajstić information content (AvgIpc) is 3.01. The second kappa shape index (κ2) is 11.0. The highest BCUT2D eigenvalue weighted by atomic mass is 32.2. The summed E-state index contributed by atoms with van der Waals surface area (Å²) in [6.45, 7) is 6.87. The van der Waals surface area contributed by atoms with Crippen molar-refractivity contribution in [2.24, 2.45) is 10.5 Å². The van der Waals surface area contributed by atoms with E-state index >= 15 is 0 Å². The van der Waals surface area contributed by atoms with Gasteiger partial charge >= 0.3 is 0 Å². The van der Waals surface area contributed by atoms with Gasteiger partial charge in [-0.15, -0.1) is 0 Å². The van der Waals surface area contributed by atoms with Crippen molar-refractivity contribution in [2.45, 2.75) is 63.8 Å². The SMILES string of the molecule is Cc1ccc(S(=O)(=O)N(CC(=O)N/N=C\c2ccc3c(c2)OCC(C)(C)CO3)C2CCCCC2)cc1. The third-order valence-corrected chi connectivity index (χ3v) is 8.43. The number of fused-ring (bicyclic) bond motifs is 1. The molecule has 2 aromatic rings. The van der Waals surface area contributed by atoms with Crippen LogP contribution >= 0.6 is 0 Å². The van der Waals surface area contributed by atoms with Crippen LogP contribution in [-0.4, -0.2) is 50.6 Å². The smallest absolute Gasteiger partial charge is 0.255 e. The Balaban J connectivity index is 1.44. The van der Waals surface area contributed by atoms with E-state index in [0.717, 1.165) is 43.2 Å². The first-order chi connectivity index (χ1) is 17.1. The van der Waals surface area contributed by atoms with E-state index in [4.69, 9.17) is 9.47 Å². The first-order valence-corrected chi connectivity index (χ1v) is 13.9. The number of benzene rings is 2. The zero-order valence-electron chi connectivity index (χ0n) is 21.2. The number of amides is 1. The molecule has 0 spiro atoms. The van der Waals surface area contributed by atoms with E-state index in [1.807, 2.05) is 25.1 Å². The summed E-state index contributed by atoms with van der Waals surface area (Å²) >= 11 is 0. The minimum Gasteiger partial charge on any atom is -0.489 e. The molecule has 36 heavy (non-hydrogen) atoms. The van der Waals surface area contributed by atoms with Crippen molar-refractivity contribution in [2.75, 3.05) is 19.8 Å². The normalized spacial score (nSPS) is 18.2. The molecule has 1 heterocycles. The minimum atomic E-state index is -3.82. The fraction of sp³-hybridized carbons (Fsp3) is 0.481. The molecule has 194 valence electrons. The molecule has 4 rings (SSSR count). The summed E-state index contributed by atoms with van der Waals surface area (Å²) in [5.74, 6) is 0.818. The molecule has 9 heteroatoms. The summed E-state index contributed by atoms with van der Waals surface area (Å²) in [5.41, 5.74) is 4.10. The van der Waals surface area contributed by atoms with Crippen molar-refractivity contribution in [1.29, 1.82) is 0 Å². The highest BCUT2D eigenvalue weighted by Gasteiger charge is 2.34. The molecule has 1 fully saturated rings. The molecule has 2 aliphatic rings. The van der Waals surface area contributed by atoms with E-state index in [1.165, 1.54) is 10.5 Å². The zero-order valence-corrected chi connectivity index (χ0v) is 22.0.